The average Bonchev–Trinajstić information content (AvgIpc) is 2.96. The molecule has 126 valence electrons. The zero-order valence-electron chi connectivity index (χ0n) is 13.6. The molecule has 0 bridgehead atoms. The van der Waals surface area contributed by atoms with E-state index in [9.17, 15) is 14.9 Å². The summed E-state index contributed by atoms with van der Waals surface area (Å²) in [6, 6.07) is 11.7. The van der Waals surface area contributed by atoms with E-state index in [-0.39, 0.29) is 17.3 Å². The van der Waals surface area contributed by atoms with E-state index in [1.54, 1.807) is 56.5 Å². The molecule has 7 heteroatoms. The molecule has 25 heavy (non-hydrogen) atoms. The van der Waals surface area contributed by atoms with E-state index in [1.165, 1.54) is 6.07 Å². The molecule has 0 aromatic heterocycles. The smallest absolute Gasteiger partial charge is 0.363 e. The Bertz CT molecular complexity index is 931. The van der Waals surface area contributed by atoms with Gasteiger partial charge in [-0.3, -0.25) is 10.1 Å². The predicted molar refractivity (Wildman–Crippen MR) is 91.4 cm³/mol. The fourth-order valence-corrected chi connectivity index (χ4v) is 2.36. The van der Waals surface area contributed by atoms with Crippen LogP contribution in [0.3, 0.4) is 0 Å². The van der Waals surface area contributed by atoms with Crippen LogP contribution >= 0.6 is 0 Å². The van der Waals surface area contributed by atoms with Crippen LogP contribution < -0.4 is 4.74 Å². The summed E-state index contributed by atoms with van der Waals surface area (Å²) in [5.41, 5.74) is 1.68. The van der Waals surface area contributed by atoms with Gasteiger partial charge in [0.05, 0.1) is 12.0 Å². The third-order valence-corrected chi connectivity index (χ3v) is 3.67. The maximum Gasteiger partial charge on any atom is 0.363 e. The van der Waals surface area contributed by atoms with Gasteiger partial charge in [0.25, 0.3) is 5.69 Å². The maximum absolute atomic E-state index is 12.0. The van der Waals surface area contributed by atoms with Gasteiger partial charge in [0.2, 0.25) is 5.90 Å². The van der Waals surface area contributed by atoms with Crippen molar-refractivity contribution in [2.24, 2.45) is 4.99 Å². The quantitative estimate of drug-likeness (QED) is 0.369. The number of aryl methyl sites for hydroxylation is 1. The fourth-order valence-electron chi connectivity index (χ4n) is 2.36. The lowest BCUT2D eigenvalue weighted by Gasteiger charge is -2.01. The van der Waals surface area contributed by atoms with Crippen molar-refractivity contribution in [2.75, 3.05) is 7.11 Å². The molecule has 0 N–H and O–H groups in total. The standard InChI is InChI=1S/C18H14N2O5/c1-11-6-7-13(10-16(11)20(22)23)17-19-15(18(21)25-17)9-12-4-3-5-14(8-12)24-2/h3-10H,1-2H3/b15-9+. The number of rotatable bonds is 4. The molecule has 0 radical (unpaired) electrons. The number of nitrogens with zero attached hydrogens (tertiary/aromatic N) is 2. The number of nitro groups is 1. The molecule has 2 aromatic carbocycles. The summed E-state index contributed by atoms with van der Waals surface area (Å²) in [6.07, 6.45) is 1.57. The number of esters is 1. The van der Waals surface area contributed by atoms with Crippen LogP contribution in [0.1, 0.15) is 16.7 Å². The Kier molecular flexibility index (Phi) is 4.30. The van der Waals surface area contributed by atoms with E-state index >= 15 is 0 Å². The highest BCUT2D eigenvalue weighted by Crippen LogP contribution is 2.24. The van der Waals surface area contributed by atoms with Gasteiger partial charge in [0.15, 0.2) is 5.70 Å². The summed E-state index contributed by atoms with van der Waals surface area (Å²) in [5, 5.41) is 11.1. The lowest BCUT2D eigenvalue weighted by molar-refractivity contribution is -0.385. The summed E-state index contributed by atoms with van der Waals surface area (Å²) in [7, 11) is 1.55. The van der Waals surface area contributed by atoms with Gasteiger partial charge in [-0.15, -0.1) is 0 Å². The number of hydrogen-bond donors (Lipinski definition) is 0. The van der Waals surface area contributed by atoms with Crippen LogP contribution in [-0.2, 0) is 9.53 Å². The molecule has 0 atom stereocenters. The highest BCUT2D eigenvalue weighted by Gasteiger charge is 2.25. The number of cyclic esters (lactones) is 1. The average molecular weight is 338 g/mol. The van der Waals surface area contributed by atoms with Crippen molar-refractivity contribution in [1.29, 1.82) is 0 Å². The summed E-state index contributed by atoms with van der Waals surface area (Å²) >= 11 is 0. The lowest BCUT2D eigenvalue weighted by atomic mass is 10.1. The van der Waals surface area contributed by atoms with Crippen molar-refractivity contribution < 1.29 is 19.2 Å². The number of carbonyl (C=O) groups is 1. The van der Waals surface area contributed by atoms with Crippen LogP contribution in [0.2, 0.25) is 0 Å². The molecule has 1 aliphatic rings. The third-order valence-electron chi connectivity index (χ3n) is 3.67. The van der Waals surface area contributed by atoms with E-state index in [0.29, 0.717) is 16.9 Å². The van der Waals surface area contributed by atoms with Crippen molar-refractivity contribution in [2.45, 2.75) is 6.92 Å². The topological polar surface area (TPSA) is 91.0 Å². The van der Waals surface area contributed by atoms with Crippen molar-refractivity contribution in [3.05, 3.63) is 75.0 Å². The van der Waals surface area contributed by atoms with Gasteiger partial charge in [0, 0.05) is 17.2 Å². The Morgan fingerprint density at radius 1 is 1.24 bits per heavy atom. The maximum atomic E-state index is 12.0. The molecule has 2 aromatic rings. The van der Waals surface area contributed by atoms with Crippen LogP contribution in [0.4, 0.5) is 5.69 Å². The molecule has 0 fully saturated rings. The Hall–Kier alpha value is -3.48. The second kappa shape index (κ2) is 6.56. The van der Waals surface area contributed by atoms with Crippen molar-refractivity contribution in [3.63, 3.8) is 0 Å². The molecule has 0 saturated heterocycles. The first-order valence-corrected chi connectivity index (χ1v) is 7.40. The number of benzene rings is 2. The highest BCUT2D eigenvalue weighted by atomic mass is 16.6. The summed E-state index contributed by atoms with van der Waals surface area (Å²) < 4.78 is 10.3. The first-order valence-electron chi connectivity index (χ1n) is 7.40. The second-order valence-corrected chi connectivity index (χ2v) is 5.37. The number of methoxy groups -OCH3 is 1. The van der Waals surface area contributed by atoms with Gasteiger partial charge in [-0.05, 0) is 36.8 Å². The number of aliphatic imine (C=N–C) groups is 1. The van der Waals surface area contributed by atoms with Gasteiger partial charge >= 0.3 is 5.97 Å². The number of ether oxygens (including phenoxy) is 2. The second-order valence-electron chi connectivity index (χ2n) is 5.37. The van der Waals surface area contributed by atoms with Crippen LogP contribution in [0.25, 0.3) is 6.08 Å². The fraction of sp³-hybridized carbons (Fsp3) is 0.111. The van der Waals surface area contributed by atoms with Gasteiger partial charge in [0.1, 0.15) is 5.75 Å². The minimum absolute atomic E-state index is 0.0437. The number of hydrogen-bond acceptors (Lipinski definition) is 6. The molecule has 0 amide bonds. The Balaban J connectivity index is 1.96. The summed E-state index contributed by atoms with van der Waals surface area (Å²) in [6.45, 7) is 1.64. The van der Waals surface area contributed by atoms with Crippen molar-refractivity contribution >= 4 is 23.6 Å². The van der Waals surface area contributed by atoms with Gasteiger partial charge in [-0.1, -0.05) is 18.2 Å². The summed E-state index contributed by atoms with van der Waals surface area (Å²) in [5.74, 6) is 0.0855. The molecular formula is C18H14N2O5. The number of nitro benzene ring substituents is 1. The molecule has 1 aliphatic heterocycles. The zero-order chi connectivity index (χ0) is 18.0. The molecule has 0 unspecified atom stereocenters. The molecule has 1 heterocycles. The van der Waals surface area contributed by atoms with Crippen LogP contribution in [-0.4, -0.2) is 23.9 Å². The summed E-state index contributed by atoms with van der Waals surface area (Å²) in [4.78, 5) is 26.8. The SMILES string of the molecule is COc1cccc(/C=C2/N=C(c3ccc(C)c([N+](=O)[O-])c3)OC2=O)c1. The minimum Gasteiger partial charge on any atom is -0.497 e. The van der Waals surface area contributed by atoms with Crippen molar-refractivity contribution in [1.82, 2.24) is 0 Å². The van der Waals surface area contributed by atoms with Gasteiger partial charge < -0.3 is 9.47 Å². The van der Waals surface area contributed by atoms with Crippen LogP contribution in [0, 0.1) is 17.0 Å². The van der Waals surface area contributed by atoms with Gasteiger partial charge in [-0.25, -0.2) is 9.79 Å². The first kappa shape index (κ1) is 16.4. The van der Waals surface area contributed by atoms with E-state index in [0.717, 1.165) is 5.56 Å². The monoisotopic (exact) mass is 338 g/mol. The molecule has 0 saturated carbocycles. The van der Waals surface area contributed by atoms with Gasteiger partial charge in [-0.2, -0.15) is 0 Å². The van der Waals surface area contributed by atoms with E-state index in [4.69, 9.17) is 9.47 Å². The third kappa shape index (κ3) is 3.40. The zero-order valence-corrected chi connectivity index (χ0v) is 13.6. The molecule has 3 rings (SSSR count). The molecular weight excluding hydrogens is 324 g/mol. The van der Waals surface area contributed by atoms with Crippen molar-refractivity contribution in [3.8, 4) is 5.75 Å². The van der Waals surface area contributed by atoms with Crippen LogP contribution in [0.15, 0.2) is 53.2 Å². The van der Waals surface area contributed by atoms with E-state index in [1.807, 2.05) is 0 Å². The van der Waals surface area contributed by atoms with E-state index in [2.05, 4.69) is 4.99 Å². The van der Waals surface area contributed by atoms with Crippen LogP contribution in [0.5, 0.6) is 5.75 Å². The Morgan fingerprint density at radius 2 is 2.04 bits per heavy atom. The van der Waals surface area contributed by atoms with E-state index < -0.39 is 10.9 Å². The minimum atomic E-state index is -0.610. The normalized spacial score (nSPS) is 15.0. The molecule has 7 nitrogen and oxygen atoms in total. The Morgan fingerprint density at radius 3 is 2.76 bits per heavy atom. The largest absolute Gasteiger partial charge is 0.497 e. The lowest BCUT2D eigenvalue weighted by Crippen LogP contribution is -2.06. The molecule has 0 aliphatic carbocycles. The Labute approximate surface area is 143 Å². The first-order chi connectivity index (χ1) is 12.0. The number of carbonyl (C=O) groups excluding carboxylic acids is 1. The predicted octanol–water partition coefficient (Wildman–Crippen LogP) is 3.26. The molecule has 0 spiro atoms. The highest BCUT2D eigenvalue weighted by molar-refractivity contribution is 6.13.